The third-order valence-corrected chi connectivity index (χ3v) is 7.28. The molecule has 1 saturated carbocycles. The van der Waals surface area contributed by atoms with E-state index in [1.54, 1.807) is 4.90 Å². The number of amides is 2. The molecule has 0 bridgehead atoms. The number of alkyl halides is 2. The molecule has 3 heterocycles. The van der Waals surface area contributed by atoms with Gasteiger partial charge in [0.15, 0.2) is 5.01 Å². The summed E-state index contributed by atoms with van der Waals surface area (Å²) in [6.07, 6.45) is 3.17. The minimum atomic E-state index is -2.79. The number of likely N-dealkylation sites (tertiary alicyclic amines) is 1. The van der Waals surface area contributed by atoms with E-state index in [1.165, 1.54) is 12.3 Å². The van der Waals surface area contributed by atoms with Crippen molar-refractivity contribution in [2.75, 3.05) is 11.9 Å². The maximum atomic E-state index is 14.2. The van der Waals surface area contributed by atoms with Crippen molar-refractivity contribution < 1.29 is 18.4 Å². The van der Waals surface area contributed by atoms with Gasteiger partial charge < -0.3 is 15.5 Å². The number of nitrogens with one attached hydrogen (secondary N) is 2. The number of thiazole rings is 1. The number of aromatic nitrogens is 2. The number of carbonyl (C=O) groups excluding carboxylic acids is 2. The topological polar surface area (TPSA) is 87.2 Å². The summed E-state index contributed by atoms with van der Waals surface area (Å²) in [5.74, 6) is -0.391. The Balaban J connectivity index is 1.77. The number of hydrogen-bond acceptors (Lipinski definition) is 6. The molecule has 184 valence electrons. The maximum absolute atomic E-state index is 14.2. The van der Waals surface area contributed by atoms with E-state index in [2.05, 4.69) is 20.6 Å². The van der Waals surface area contributed by atoms with Gasteiger partial charge in [0.05, 0.1) is 4.88 Å². The van der Waals surface area contributed by atoms with Gasteiger partial charge in [-0.05, 0) is 65.9 Å². The van der Waals surface area contributed by atoms with Crippen LogP contribution in [0.5, 0.6) is 0 Å². The number of anilines is 1. The molecule has 1 aliphatic heterocycles. The van der Waals surface area contributed by atoms with Gasteiger partial charge >= 0.3 is 0 Å². The van der Waals surface area contributed by atoms with Crippen molar-refractivity contribution in [3.8, 4) is 10.4 Å². The Morgan fingerprint density at radius 3 is 2.50 bits per heavy atom. The van der Waals surface area contributed by atoms with Crippen molar-refractivity contribution in [3.05, 3.63) is 28.5 Å². The quantitative estimate of drug-likeness (QED) is 0.576. The smallest absolute Gasteiger partial charge is 0.280 e. The molecule has 1 atom stereocenters. The fourth-order valence-electron chi connectivity index (χ4n) is 4.21. The Morgan fingerprint density at radius 1 is 1.21 bits per heavy atom. The summed E-state index contributed by atoms with van der Waals surface area (Å²) < 4.78 is 28.3. The zero-order chi connectivity index (χ0) is 24.6. The molecule has 0 spiro atoms. The number of nitrogens with zero attached hydrogens (tertiary/aromatic N) is 3. The Bertz CT molecular complexity index is 1080. The van der Waals surface area contributed by atoms with Crippen molar-refractivity contribution in [1.29, 1.82) is 0 Å². The maximum Gasteiger partial charge on any atom is 0.280 e. The fraction of sp³-hybridized carbons (Fsp3) is 0.583. The van der Waals surface area contributed by atoms with Gasteiger partial charge in [-0.1, -0.05) is 0 Å². The standard InChI is InChI=1S/C24H31F2N5O2S/c1-13-7-6-10-31(13)23(33)18-19(34-22(29-18)21(32)28-14-8-5-9-14)16-12-27-17(30-24(2,3)4)11-15(16)20(25)26/h11-14,20H,5-10H2,1-4H3,(H,27,30)(H,28,32). The van der Waals surface area contributed by atoms with E-state index in [0.717, 1.165) is 43.4 Å². The molecule has 1 aliphatic carbocycles. The number of carbonyl (C=O) groups is 2. The summed E-state index contributed by atoms with van der Waals surface area (Å²) in [4.78, 5) is 36.9. The molecule has 1 unspecified atom stereocenters. The second-order valence-corrected chi connectivity index (χ2v) is 11.1. The van der Waals surface area contributed by atoms with Crippen molar-refractivity contribution in [2.45, 2.75) is 83.8 Å². The summed E-state index contributed by atoms with van der Waals surface area (Å²) in [5.41, 5.74) is -0.444. The van der Waals surface area contributed by atoms with Crippen LogP contribution in [0.3, 0.4) is 0 Å². The van der Waals surface area contributed by atoms with E-state index in [9.17, 15) is 18.4 Å². The van der Waals surface area contributed by atoms with Crippen LogP contribution >= 0.6 is 11.3 Å². The van der Waals surface area contributed by atoms with Gasteiger partial charge in [0.2, 0.25) is 0 Å². The zero-order valence-electron chi connectivity index (χ0n) is 20.0. The summed E-state index contributed by atoms with van der Waals surface area (Å²) in [5, 5.41) is 6.14. The van der Waals surface area contributed by atoms with Gasteiger partial charge in [-0.25, -0.2) is 18.7 Å². The minimum absolute atomic E-state index is 0.0281. The second kappa shape index (κ2) is 9.56. The lowest BCUT2D eigenvalue weighted by molar-refractivity contribution is 0.0743. The lowest BCUT2D eigenvalue weighted by Gasteiger charge is -2.25. The van der Waals surface area contributed by atoms with Crippen molar-refractivity contribution >= 4 is 29.0 Å². The van der Waals surface area contributed by atoms with Crippen LogP contribution in [0.2, 0.25) is 0 Å². The van der Waals surface area contributed by atoms with Crippen molar-refractivity contribution in [2.24, 2.45) is 0 Å². The van der Waals surface area contributed by atoms with Crippen molar-refractivity contribution in [1.82, 2.24) is 20.2 Å². The molecule has 0 radical (unpaired) electrons. The minimum Gasteiger partial charge on any atom is -0.365 e. The van der Waals surface area contributed by atoms with Crippen LogP contribution in [0, 0.1) is 0 Å². The number of pyridine rings is 1. The molecule has 34 heavy (non-hydrogen) atoms. The molecule has 10 heteroatoms. The van der Waals surface area contributed by atoms with Crippen LogP contribution in [0.4, 0.5) is 14.6 Å². The lowest BCUT2D eigenvalue weighted by Crippen LogP contribution is -2.39. The predicted octanol–water partition coefficient (Wildman–Crippen LogP) is 5.26. The fourth-order valence-corrected chi connectivity index (χ4v) is 5.20. The molecule has 2 amide bonds. The Morgan fingerprint density at radius 2 is 1.94 bits per heavy atom. The highest BCUT2D eigenvalue weighted by atomic mass is 32.1. The summed E-state index contributed by atoms with van der Waals surface area (Å²) in [6.45, 7) is 8.27. The monoisotopic (exact) mass is 491 g/mol. The van der Waals surface area contributed by atoms with E-state index in [-0.39, 0.29) is 56.1 Å². The number of rotatable bonds is 6. The Kier molecular flexibility index (Phi) is 6.89. The van der Waals surface area contributed by atoms with E-state index in [0.29, 0.717) is 12.4 Å². The normalized spacial score (nSPS) is 18.8. The van der Waals surface area contributed by atoms with Gasteiger partial charge in [0, 0.05) is 41.5 Å². The van der Waals surface area contributed by atoms with E-state index >= 15 is 0 Å². The molecular formula is C24H31F2N5O2S. The van der Waals surface area contributed by atoms with Crippen LogP contribution < -0.4 is 10.6 Å². The highest BCUT2D eigenvalue weighted by molar-refractivity contribution is 7.17. The molecule has 1 saturated heterocycles. The highest BCUT2D eigenvalue weighted by Gasteiger charge is 2.33. The average Bonchev–Trinajstić information content (AvgIpc) is 3.35. The lowest BCUT2D eigenvalue weighted by atomic mass is 9.93. The molecule has 7 nitrogen and oxygen atoms in total. The van der Waals surface area contributed by atoms with Crippen LogP contribution in [0.1, 0.15) is 92.1 Å². The van der Waals surface area contributed by atoms with Crippen LogP contribution in [-0.2, 0) is 0 Å². The first kappa shape index (κ1) is 24.5. The predicted molar refractivity (Wildman–Crippen MR) is 129 cm³/mol. The van der Waals surface area contributed by atoms with Crippen molar-refractivity contribution in [3.63, 3.8) is 0 Å². The number of hydrogen-bond donors (Lipinski definition) is 2. The summed E-state index contributed by atoms with van der Waals surface area (Å²) >= 11 is 0.972. The largest absolute Gasteiger partial charge is 0.365 e. The molecule has 4 rings (SSSR count). The van der Waals surface area contributed by atoms with Gasteiger partial charge in [-0.15, -0.1) is 11.3 Å². The third-order valence-electron chi connectivity index (χ3n) is 6.20. The molecule has 0 aromatic carbocycles. The first-order valence-corrected chi connectivity index (χ1v) is 12.5. The number of halogens is 2. The SMILES string of the molecule is CC1CCCN1C(=O)c1nc(C(=O)NC2CCC2)sc1-c1cnc(NC(C)(C)C)cc1C(F)F. The third kappa shape index (κ3) is 5.21. The van der Waals surface area contributed by atoms with E-state index in [4.69, 9.17) is 0 Å². The van der Waals surface area contributed by atoms with Crippen LogP contribution in [-0.4, -0.2) is 50.8 Å². The van der Waals surface area contributed by atoms with Gasteiger partial charge in [-0.3, -0.25) is 9.59 Å². The van der Waals surface area contributed by atoms with Crippen LogP contribution in [0.25, 0.3) is 10.4 Å². The highest BCUT2D eigenvalue weighted by Crippen LogP contribution is 2.39. The van der Waals surface area contributed by atoms with E-state index < -0.39 is 6.43 Å². The Labute approximate surface area is 202 Å². The molecule has 2 N–H and O–H groups in total. The van der Waals surface area contributed by atoms with Gasteiger partial charge in [0.1, 0.15) is 11.5 Å². The summed E-state index contributed by atoms with van der Waals surface area (Å²) in [7, 11) is 0. The molecule has 2 aliphatic rings. The van der Waals surface area contributed by atoms with E-state index in [1.807, 2.05) is 27.7 Å². The first-order valence-electron chi connectivity index (χ1n) is 11.7. The zero-order valence-corrected chi connectivity index (χ0v) is 20.8. The average molecular weight is 492 g/mol. The molecule has 2 aromatic heterocycles. The molecule has 2 aromatic rings. The first-order chi connectivity index (χ1) is 16.0. The van der Waals surface area contributed by atoms with Gasteiger partial charge in [0.25, 0.3) is 18.2 Å². The summed E-state index contributed by atoms with van der Waals surface area (Å²) in [6, 6.07) is 1.44. The molecule has 2 fully saturated rings. The molecular weight excluding hydrogens is 460 g/mol. The second-order valence-electron chi connectivity index (χ2n) is 10.1. The van der Waals surface area contributed by atoms with Crippen LogP contribution in [0.15, 0.2) is 12.3 Å². The Hall–Kier alpha value is -2.62. The van der Waals surface area contributed by atoms with Gasteiger partial charge in [-0.2, -0.15) is 0 Å².